The van der Waals surface area contributed by atoms with E-state index in [1.807, 2.05) is 0 Å². The summed E-state index contributed by atoms with van der Waals surface area (Å²) in [6.07, 6.45) is -5.98. The number of ether oxygens (including phenoxy) is 4. The Kier molecular flexibility index (Phi) is 17.0. The van der Waals surface area contributed by atoms with Crippen molar-refractivity contribution < 1.29 is 45.3 Å². The van der Waals surface area contributed by atoms with Gasteiger partial charge in [-0.1, -0.05) is 38.1 Å². The molecular formula is C40H52F6N10O5. The topological polar surface area (TPSA) is 187 Å². The van der Waals surface area contributed by atoms with Crippen molar-refractivity contribution in [3.63, 3.8) is 0 Å². The van der Waals surface area contributed by atoms with Gasteiger partial charge in [-0.25, -0.2) is 24.6 Å². The highest BCUT2D eigenvalue weighted by Gasteiger charge is 2.32. The maximum absolute atomic E-state index is 12.5. The maximum atomic E-state index is 12.5. The molecular weight excluding hydrogens is 814 g/mol. The number of aryl methyl sites for hydroxylation is 2. The summed E-state index contributed by atoms with van der Waals surface area (Å²) in [5.74, 6) is 0.300. The predicted octanol–water partition coefficient (Wildman–Crippen LogP) is 10.6. The Balaban J connectivity index is 0.000000287. The zero-order valence-electron chi connectivity index (χ0n) is 35.9. The second kappa shape index (κ2) is 21.0. The molecule has 0 radical (unpaired) electrons. The molecule has 5 rings (SSSR count). The SMILES string of the molecule is CC(C)(C)N=O.CCC(CC)Nc1nc(C)c(-c2ccc(OC(F)(F)F)cc2OC)nc1N.CCC(CC)n1nnc2nc(-c3ccc(OC(F)(F)F)cc3OC)c(C)nc21. The fourth-order valence-corrected chi connectivity index (χ4v) is 5.70. The second-order valence-corrected chi connectivity index (χ2v) is 14.4. The third-order valence-corrected chi connectivity index (χ3v) is 8.80. The fourth-order valence-electron chi connectivity index (χ4n) is 5.70. The first-order chi connectivity index (χ1) is 28.5. The highest BCUT2D eigenvalue weighted by molar-refractivity contribution is 5.76. The van der Waals surface area contributed by atoms with Gasteiger partial charge in [-0.05, 0) is 84.6 Å². The minimum Gasteiger partial charge on any atom is -0.496 e. The average Bonchev–Trinajstić information content (AvgIpc) is 3.59. The molecule has 0 aliphatic carbocycles. The third kappa shape index (κ3) is 14.0. The van der Waals surface area contributed by atoms with E-state index in [0.717, 1.165) is 37.8 Å². The number of nitrogen functional groups attached to an aromatic ring is 1. The Morgan fingerprint density at radius 2 is 1.20 bits per heavy atom. The van der Waals surface area contributed by atoms with E-state index >= 15 is 0 Å². The molecule has 0 bridgehead atoms. The summed E-state index contributed by atoms with van der Waals surface area (Å²) in [4.78, 5) is 27.6. The summed E-state index contributed by atoms with van der Waals surface area (Å²) < 4.78 is 94.7. The van der Waals surface area contributed by atoms with Crippen LogP contribution in [0.15, 0.2) is 41.6 Å². The van der Waals surface area contributed by atoms with Crippen molar-refractivity contribution in [3.8, 4) is 45.5 Å². The molecule has 0 saturated heterocycles. The summed E-state index contributed by atoms with van der Waals surface area (Å²) in [7, 11) is 2.71. The number of anilines is 2. The van der Waals surface area contributed by atoms with Crippen LogP contribution >= 0.6 is 0 Å². The number of fused-ring (bicyclic) bond motifs is 1. The molecule has 5 aromatic rings. The predicted molar refractivity (Wildman–Crippen MR) is 220 cm³/mol. The van der Waals surface area contributed by atoms with Crippen LogP contribution in [-0.4, -0.2) is 73.5 Å². The van der Waals surface area contributed by atoms with E-state index in [9.17, 15) is 31.2 Å². The van der Waals surface area contributed by atoms with E-state index < -0.39 is 12.7 Å². The fraction of sp³-hybridized carbons (Fsp3) is 0.500. The lowest BCUT2D eigenvalue weighted by molar-refractivity contribution is -0.275. The number of hydrogen-bond acceptors (Lipinski definition) is 14. The van der Waals surface area contributed by atoms with Gasteiger partial charge in [-0.2, -0.15) is 4.91 Å². The highest BCUT2D eigenvalue weighted by atomic mass is 19.4. The zero-order valence-corrected chi connectivity index (χ0v) is 35.9. The minimum absolute atomic E-state index is 0.165. The first-order valence-corrected chi connectivity index (χ1v) is 19.2. The first-order valence-electron chi connectivity index (χ1n) is 19.2. The van der Waals surface area contributed by atoms with Crippen LogP contribution in [-0.2, 0) is 0 Å². The van der Waals surface area contributed by atoms with Gasteiger partial charge in [0.2, 0.25) is 5.65 Å². The Bertz CT molecular complexity index is 2220. The number of hydrogen-bond donors (Lipinski definition) is 2. The quantitative estimate of drug-likeness (QED) is 0.0841. The van der Waals surface area contributed by atoms with Gasteiger partial charge in [-0.15, -0.1) is 31.4 Å². The molecule has 0 atom stereocenters. The smallest absolute Gasteiger partial charge is 0.496 e. The molecule has 61 heavy (non-hydrogen) atoms. The van der Waals surface area contributed by atoms with Gasteiger partial charge in [0.25, 0.3) is 0 Å². The molecule has 0 saturated carbocycles. The summed E-state index contributed by atoms with van der Waals surface area (Å²) in [5.41, 5.74) is 9.59. The second-order valence-electron chi connectivity index (χ2n) is 14.4. The number of methoxy groups -OCH3 is 2. The lowest BCUT2D eigenvalue weighted by Crippen LogP contribution is -2.20. The van der Waals surface area contributed by atoms with E-state index in [4.69, 9.17) is 15.2 Å². The van der Waals surface area contributed by atoms with Gasteiger partial charge >= 0.3 is 12.7 Å². The maximum Gasteiger partial charge on any atom is 0.573 e. The monoisotopic (exact) mass is 866 g/mol. The van der Waals surface area contributed by atoms with Gasteiger partial charge in [0.1, 0.15) is 23.0 Å². The molecule has 334 valence electrons. The van der Waals surface area contributed by atoms with Crippen LogP contribution in [0.5, 0.6) is 23.0 Å². The lowest BCUT2D eigenvalue weighted by atomic mass is 10.1. The van der Waals surface area contributed by atoms with Gasteiger partial charge in [0.05, 0.1) is 48.6 Å². The van der Waals surface area contributed by atoms with Crippen molar-refractivity contribution in [1.29, 1.82) is 0 Å². The molecule has 0 spiro atoms. The Labute approximate surface area is 349 Å². The van der Waals surface area contributed by atoms with Crippen molar-refractivity contribution >= 4 is 22.9 Å². The van der Waals surface area contributed by atoms with Crippen LogP contribution in [0.4, 0.5) is 38.0 Å². The summed E-state index contributed by atoms with van der Waals surface area (Å²) >= 11 is 0. The number of rotatable bonds is 13. The molecule has 0 unspecified atom stereocenters. The zero-order chi connectivity index (χ0) is 45.9. The van der Waals surface area contributed by atoms with Crippen LogP contribution in [0, 0.1) is 18.8 Å². The number of aromatic nitrogens is 7. The standard InChI is InChI=1S/C18H20F3N5O2.C18H23F3N4O2.C4H9NO/c1-5-11(6-2)26-17-16(24-25-26)23-15(10(3)22-17)13-8-7-12(9-14(13)27-4)28-18(19,20)21;1-5-11(6-2)24-17-16(22)25-15(10(3)23-17)13-8-7-12(9-14(13)26-4)27-18(19,20)21;1-4(2,3)5-6/h7-9,11H,5-6H2,1-4H3;7-9,11H,5-6H2,1-4H3,(H2,22,25)(H,23,24);1-3H3. The number of nitrogens with zero attached hydrogens (tertiary/aromatic N) is 8. The summed E-state index contributed by atoms with van der Waals surface area (Å²) in [6, 6.07) is 7.99. The minimum atomic E-state index is -4.78. The summed E-state index contributed by atoms with van der Waals surface area (Å²) in [6.45, 7) is 17.0. The van der Waals surface area contributed by atoms with E-state index in [1.54, 1.807) is 39.3 Å². The molecule has 0 amide bonds. The molecule has 21 heteroatoms. The van der Waals surface area contributed by atoms with Crippen LogP contribution in [0.25, 0.3) is 33.8 Å². The van der Waals surface area contributed by atoms with Crippen LogP contribution < -0.4 is 30.0 Å². The molecule has 3 heterocycles. The van der Waals surface area contributed by atoms with Gasteiger partial charge in [0.15, 0.2) is 17.3 Å². The normalized spacial score (nSPS) is 11.7. The highest BCUT2D eigenvalue weighted by Crippen LogP contribution is 2.38. The van der Waals surface area contributed by atoms with Crippen LogP contribution in [0.2, 0.25) is 0 Å². The van der Waals surface area contributed by atoms with Crippen molar-refractivity contribution in [2.75, 3.05) is 25.3 Å². The molecule has 0 aliphatic heterocycles. The number of nitroso groups, excluding NO2 is 1. The third-order valence-electron chi connectivity index (χ3n) is 8.80. The van der Waals surface area contributed by atoms with E-state index in [-0.39, 0.29) is 46.4 Å². The van der Waals surface area contributed by atoms with E-state index in [2.05, 4.69) is 77.9 Å². The molecule has 3 aromatic heterocycles. The number of alkyl halides is 6. The number of nitrogens with two attached hydrogens (primary N) is 1. The van der Waals surface area contributed by atoms with Crippen LogP contribution in [0.1, 0.15) is 91.6 Å². The molecule has 2 aromatic carbocycles. The van der Waals surface area contributed by atoms with Crippen molar-refractivity contribution in [2.24, 2.45) is 5.18 Å². The van der Waals surface area contributed by atoms with Gasteiger partial charge in [-0.3, -0.25) is 0 Å². The first kappa shape index (κ1) is 49.3. The van der Waals surface area contributed by atoms with E-state index in [0.29, 0.717) is 51.0 Å². The average molecular weight is 867 g/mol. The number of nitrogens with one attached hydrogen (secondary N) is 1. The Morgan fingerprint density at radius 1 is 0.738 bits per heavy atom. The van der Waals surface area contributed by atoms with Crippen molar-refractivity contribution in [2.45, 2.75) is 118 Å². The van der Waals surface area contributed by atoms with Crippen molar-refractivity contribution in [1.82, 2.24) is 34.9 Å². The molecule has 3 N–H and O–H groups in total. The largest absolute Gasteiger partial charge is 0.573 e. The van der Waals surface area contributed by atoms with Crippen molar-refractivity contribution in [3.05, 3.63) is 52.7 Å². The Morgan fingerprint density at radius 3 is 1.61 bits per heavy atom. The molecule has 0 fully saturated rings. The number of benzene rings is 2. The Hall–Kier alpha value is -6.02. The lowest BCUT2D eigenvalue weighted by Gasteiger charge is -2.18. The van der Waals surface area contributed by atoms with Gasteiger partial charge in [0, 0.05) is 29.3 Å². The number of halogens is 6. The van der Waals surface area contributed by atoms with Crippen LogP contribution in [0.3, 0.4) is 0 Å². The van der Waals surface area contributed by atoms with Gasteiger partial charge < -0.3 is 30.0 Å². The molecule has 0 aliphatic rings. The molecule has 15 nitrogen and oxygen atoms in total. The van der Waals surface area contributed by atoms with E-state index in [1.165, 1.54) is 38.5 Å². The summed E-state index contributed by atoms with van der Waals surface area (Å²) in [5, 5.41) is 14.3.